The summed E-state index contributed by atoms with van der Waals surface area (Å²) in [5, 5.41) is 0. The molecule has 1 aromatic rings. The van der Waals surface area contributed by atoms with Crippen molar-refractivity contribution in [3.05, 3.63) is 17.7 Å². The SMILES string of the molecule is CCOC(=O)c1c(F)c(S(=O)(=O)N[C@H](C)CC)cn1C. The van der Waals surface area contributed by atoms with Crippen LogP contribution < -0.4 is 4.72 Å². The number of halogens is 1. The zero-order valence-corrected chi connectivity index (χ0v) is 12.8. The first-order chi connectivity index (χ1) is 9.24. The van der Waals surface area contributed by atoms with Crippen LogP contribution in [-0.2, 0) is 21.8 Å². The summed E-state index contributed by atoms with van der Waals surface area (Å²) in [5.74, 6) is -1.99. The fourth-order valence-corrected chi connectivity index (χ4v) is 3.05. The molecule has 1 N–H and O–H groups in total. The maximum absolute atomic E-state index is 14.2. The molecule has 0 spiro atoms. The monoisotopic (exact) mass is 306 g/mol. The van der Waals surface area contributed by atoms with E-state index in [1.165, 1.54) is 7.05 Å². The normalized spacial score (nSPS) is 13.2. The van der Waals surface area contributed by atoms with E-state index in [0.717, 1.165) is 10.8 Å². The lowest BCUT2D eigenvalue weighted by Gasteiger charge is -2.10. The quantitative estimate of drug-likeness (QED) is 0.806. The van der Waals surface area contributed by atoms with Gasteiger partial charge in [-0.25, -0.2) is 22.3 Å². The molecule has 0 aromatic carbocycles. The molecule has 114 valence electrons. The van der Waals surface area contributed by atoms with Crippen LogP contribution in [-0.4, -0.2) is 31.6 Å². The van der Waals surface area contributed by atoms with E-state index in [1.807, 2.05) is 0 Å². The predicted molar refractivity (Wildman–Crippen MR) is 71.4 cm³/mol. The highest BCUT2D eigenvalue weighted by atomic mass is 32.2. The molecule has 8 heteroatoms. The van der Waals surface area contributed by atoms with E-state index in [0.29, 0.717) is 6.42 Å². The summed E-state index contributed by atoms with van der Waals surface area (Å²) < 4.78 is 46.4. The number of aromatic nitrogens is 1. The number of aryl methyl sites for hydroxylation is 1. The van der Waals surface area contributed by atoms with Crippen molar-refractivity contribution < 1.29 is 22.3 Å². The zero-order chi connectivity index (χ0) is 15.5. The number of ether oxygens (including phenoxy) is 1. The smallest absolute Gasteiger partial charge is 0.358 e. The van der Waals surface area contributed by atoms with Gasteiger partial charge < -0.3 is 9.30 Å². The number of carbonyl (C=O) groups is 1. The van der Waals surface area contributed by atoms with Gasteiger partial charge in [0.05, 0.1) is 6.61 Å². The van der Waals surface area contributed by atoms with Gasteiger partial charge in [0.1, 0.15) is 4.90 Å². The second-order valence-electron chi connectivity index (χ2n) is 4.42. The third-order valence-electron chi connectivity index (χ3n) is 2.81. The molecule has 0 aliphatic carbocycles. The summed E-state index contributed by atoms with van der Waals surface area (Å²) >= 11 is 0. The number of esters is 1. The number of hydrogen-bond acceptors (Lipinski definition) is 4. The summed E-state index contributed by atoms with van der Waals surface area (Å²) in [5.41, 5.74) is -0.406. The van der Waals surface area contributed by atoms with E-state index in [2.05, 4.69) is 4.72 Å². The Morgan fingerprint density at radius 3 is 2.60 bits per heavy atom. The molecular weight excluding hydrogens is 287 g/mol. The Hall–Kier alpha value is -1.41. The second-order valence-corrected chi connectivity index (χ2v) is 6.10. The molecule has 0 bridgehead atoms. The van der Waals surface area contributed by atoms with Crippen molar-refractivity contribution in [3.8, 4) is 0 Å². The Kier molecular flexibility index (Phi) is 5.29. The Morgan fingerprint density at radius 2 is 2.10 bits per heavy atom. The van der Waals surface area contributed by atoms with Gasteiger partial charge >= 0.3 is 5.97 Å². The van der Waals surface area contributed by atoms with Crippen molar-refractivity contribution in [2.75, 3.05) is 6.61 Å². The van der Waals surface area contributed by atoms with Crippen molar-refractivity contribution in [1.29, 1.82) is 0 Å². The standard InChI is InChI=1S/C12H19FN2O4S/c1-5-8(3)14-20(17,18)9-7-15(4)11(10(9)13)12(16)19-6-2/h7-8,14H,5-6H2,1-4H3/t8-/m1/s1. The number of carbonyl (C=O) groups excluding carboxylic acids is 1. The van der Waals surface area contributed by atoms with Crippen molar-refractivity contribution in [1.82, 2.24) is 9.29 Å². The van der Waals surface area contributed by atoms with Crippen molar-refractivity contribution in [3.63, 3.8) is 0 Å². The summed E-state index contributed by atoms with van der Waals surface area (Å²) in [6.45, 7) is 5.14. The van der Waals surface area contributed by atoms with Crippen LogP contribution in [0.25, 0.3) is 0 Å². The van der Waals surface area contributed by atoms with E-state index in [9.17, 15) is 17.6 Å². The van der Waals surface area contributed by atoms with E-state index in [1.54, 1.807) is 20.8 Å². The summed E-state index contributed by atoms with van der Waals surface area (Å²) in [7, 11) is -2.62. The molecule has 0 aliphatic rings. The minimum atomic E-state index is -4.01. The van der Waals surface area contributed by atoms with Gasteiger partial charge in [-0.15, -0.1) is 0 Å². The first kappa shape index (κ1) is 16.6. The molecule has 0 unspecified atom stereocenters. The van der Waals surface area contributed by atoms with E-state index in [4.69, 9.17) is 4.74 Å². The average Bonchev–Trinajstić information content (AvgIpc) is 2.65. The molecule has 1 rings (SSSR count). The Bertz CT molecular complexity index is 595. The van der Waals surface area contributed by atoms with E-state index < -0.39 is 32.4 Å². The van der Waals surface area contributed by atoms with Gasteiger partial charge in [-0.1, -0.05) is 6.92 Å². The molecule has 1 aromatic heterocycles. The molecule has 6 nitrogen and oxygen atoms in total. The number of sulfonamides is 1. The average molecular weight is 306 g/mol. The Balaban J connectivity index is 3.22. The zero-order valence-electron chi connectivity index (χ0n) is 11.9. The fourth-order valence-electron chi connectivity index (χ4n) is 1.60. The molecule has 0 amide bonds. The molecule has 0 aliphatic heterocycles. The minimum absolute atomic E-state index is 0.0800. The predicted octanol–water partition coefficient (Wildman–Crippen LogP) is 1.42. The fraction of sp³-hybridized carbons (Fsp3) is 0.583. The highest BCUT2D eigenvalue weighted by molar-refractivity contribution is 7.89. The number of hydrogen-bond donors (Lipinski definition) is 1. The van der Waals surface area contributed by atoms with Crippen molar-refractivity contribution >= 4 is 16.0 Å². The lowest BCUT2D eigenvalue weighted by Crippen LogP contribution is -2.32. The van der Waals surface area contributed by atoms with E-state index in [-0.39, 0.29) is 12.6 Å². The van der Waals surface area contributed by atoms with Gasteiger partial charge in [0.2, 0.25) is 10.0 Å². The third kappa shape index (κ3) is 3.37. The number of nitrogens with zero attached hydrogens (tertiary/aromatic N) is 1. The largest absolute Gasteiger partial charge is 0.461 e. The van der Waals surface area contributed by atoms with Gasteiger partial charge in [-0.05, 0) is 20.3 Å². The Morgan fingerprint density at radius 1 is 1.50 bits per heavy atom. The molecule has 0 radical (unpaired) electrons. The minimum Gasteiger partial charge on any atom is -0.461 e. The molecular formula is C12H19FN2O4S. The Labute approximate surface area is 118 Å². The lowest BCUT2D eigenvalue weighted by atomic mass is 10.3. The maximum Gasteiger partial charge on any atom is 0.358 e. The van der Waals surface area contributed by atoms with Gasteiger partial charge in [-0.3, -0.25) is 0 Å². The van der Waals surface area contributed by atoms with Gasteiger partial charge in [0.15, 0.2) is 11.5 Å². The van der Waals surface area contributed by atoms with Crippen molar-refractivity contribution in [2.45, 2.75) is 38.1 Å². The van der Waals surface area contributed by atoms with Crippen LogP contribution in [0, 0.1) is 5.82 Å². The van der Waals surface area contributed by atoms with E-state index >= 15 is 0 Å². The molecule has 0 saturated heterocycles. The van der Waals surface area contributed by atoms with Crippen molar-refractivity contribution in [2.24, 2.45) is 7.05 Å². The molecule has 0 saturated carbocycles. The first-order valence-corrected chi connectivity index (χ1v) is 7.77. The number of rotatable bonds is 6. The highest BCUT2D eigenvalue weighted by Gasteiger charge is 2.29. The third-order valence-corrected chi connectivity index (χ3v) is 4.39. The lowest BCUT2D eigenvalue weighted by molar-refractivity contribution is 0.0509. The van der Waals surface area contributed by atoms with Crippen LogP contribution in [0.1, 0.15) is 37.7 Å². The van der Waals surface area contributed by atoms with Crippen LogP contribution in [0.2, 0.25) is 0 Å². The topological polar surface area (TPSA) is 77.4 Å². The van der Waals surface area contributed by atoms with Gasteiger partial charge in [0, 0.05) is 19.3 Å². The van der Waals surface area contributed by atoms with Crippen LogP contribution >= 0.6 is 0 Å². The second kappa shape index (κ2) is 6.36. The summed E-state index contributed by atoms with van der Waals surface area (Å²) in [6.07, 6.45) is 1.63. The first-order valence-electron chi connectivity index (χ1n) is 6.28. The van der Waals surface area contributed by atoms with Crippen LogP contribution in [0.15, 0.2) is 11.1 Å². The summed E-state index contributed by atoms with van der Waals surface area (Å²) in [4.78, 5) is 11.1. The van der Waals surface area contributed by atoms with Crippen LogP contribution in [0.4, 0.5) is 4.39 Å². The summed E-state index contributed by atoms with van der Waals surface area (Å²) in [6, 6.07) is -0.328. The van der Waals surface area contributed by atoms with Crippen LogP contribution in [0.5, 0.6) is 0 Å². The van der Waals surface area contributed by atoms with Gasteiger partial charge in [-0.2, -0.15) is 0 Å². The molecule has 1 heterocycles. The van der Waals surface area contributed by atoms with Gasteiger partial charge in [0.25, 0.3) is 0 Å². The molecule has 20 heavy (non-hydrogen) atoms. The molecule has 1 atom stereocenters. The van der Waals surface area contributed by atoms with Crippen LogP contribution in [0.3, 0.4) is 0 Å². The molecule has 0 fully saturated rings. The highest BCUT2D eigenvalue weighted by Crippen LogP contribution is 2.21. The maximum atomic E-state index is 14.2. The number of nitrogens with one attached hydrogen (secondary N) is 1.